The van der Waals surface area contributed by atoms with Crippen molar-refractivity contribution in [1.29, 1.82) is 0 Å². The molecule has 4 heteroatoms. The molecule has 2 rings (SSSR count). The molecule has 0 bridgehead atoms. The number of halogens is 3. The summed E-state index contributed by atoms with van der Waals surface area (Å²) in [5, 5.41) is 2.08. The average Bonchev–Trinajstić information content (AvgIpc) is 2.69. The Labute approximate surface area is 133 Å². The molecule has 0 nitrogen and oxygen atoms in total. The summed E-state index contributed by atoms with van der Waals surface area (Å²) >= 11 is 14.2. The van der Waals surface area contributed by atoms with Crippen LogP contribution in [0, 0.1) is 16.7 Å². The smallest absolute Gasteiger partial charge is 0.0846 e. The lowest BCUT2D eigenvalue weighted by atomic mass is 10.00. The number of thiophene rings is 1. The van der Waals surface area contributed by atoms with E-state index in [2.05, 4.69) is 75.9 Å². The molecule has 0 fully saturated rings. The number of hydrogen-bond acceptors (Lipinski definition) is 1. The molecular weight excluding hydrogens is 430 g/mol. The van der Waals surface area contributed by atoms with Crippen LogP contribution in [0.4, 0.5) is 0 Å². The van der Waals surface area contributed by atoms with Gasteiger partial charge in [0.15, 0.2) is 0 Å². The first-order chi connectivity index (χ1) is 7.99. The van der Waals surface area contributed by atoms with Crippen molar-refractivity contribution in [2.75, 3.05) is 0 Å². The molecule has 0 radical (unpaired) electrons. The van der Waals surface area contributed by atoms with Crippen molar-refractivity contribution >= 4 is 61.5 Å². The summed E-state index contributed by atoms with van der Waals surface area (Å²) in [5.74, 6) is 0. The summed E-state index contributed by atoms with van der Waals surface area (Å²) in [6, 6.07) is 6.46. The van der Waals surface area contributed by atoms with Crippen LogP contribution >= 0.6 is 61.5 Å². The van der Waals surface area contributed by atoms with Gasteiger partial charge in [-0.25, -0.2) is 0 Å². The van der Waals surface area contributed by atoms with Gasteiger partial charge in [0.05, 0.1) is 8.26 Å². The van der Waals surface area contributed by atoms with Crippen molar-refractivity contribution in [2.24, 2.45) is 0 Å². The summed E-state index contributed by atoms with van der Waals surface area (Å²) < 4.78 is 2.41. The lowest BCUT2D eigenvalue weighted by molar-refractivity contribution is 1.11. The van der Waals surface area contributed by atoms with E-state index in [1.807, 2.05) is 0 Å². The van der Waals surface area contributed by atoms with E-state index >= 15 is 0 Å². The van der Waals surface area contributed by atoms with Crippen molar-refractivity contribution in [1.82, 2.24) is 0 Å². The molecule has 1 aromatic heterocycles. The Balaban J connectivity index is 2.43. The zero-order valence-electron chi connectivity index (χ0n) is 9.43. The van der Waals surface area contributed by atoms with Gasteiger partial charge in [-0.3, -0.25) is 0 Å². The molecule has 0 N–H and O–H groups in total. The Bertz CT molecular complexity index is 550. The SMILES string of the molecule is Cc1cc(C(Cl)c2csc(I)c2)c(C)cc1Br. The minimum Gasteiger partial charge on any atom is -0.137 e. The first kappa shape index (κ1) is 13.8. The molecular formula is C13H11BrClIS. The zero-order chi connectivity index (χ0) is 12.6. The summed E-state index contributed by atoms with van der Waals surface area (Å²) in [6.45, 7) is 4.19. The van der Waals surface area contributed by atoms with E-state index < -0.39 is 0 Å². The second-order valence-electron chi connectivity index (χ2n) is 4.00. The molecule has 1 atom stereocenters. The summed E-state index contributed by atoms with van der Waals surface area (Å²) in [4.78, 5) is 0. The minimum absolute atomic E-state index is 0.0541. The first-order valence-corrected chi connectivity index (χ1v) is 8.32. The molecule has 1 unspecified atom stereocenters. The van der Waals surface area contributed by atoms with Crippen LogP contribution in [0.25, 0.3) is 0 Å². The van der Waals surface area contributed by atoms with Gasteiger partial charge in [-0.15, -0.1) is 22.9 Å². The number of rotatable bonds is 2. The Morgan fingerprint density at radius 3 is 2.53 bits per heavy atom. The largest absolute Gasteiger partial charge is 0.137 e. The standard InChI is InChI=1S/C13H11BrClIS/c1-7-4-11(14)8(2)3-10(7)13(15)9-5-12(16)17-6-9/h3-6,13H,1-2H3. The highest BCUT2D eigenvalue weighted by atomic mass is 127. The van der Waals surface area contributed by atoms with E-state index in [4.69, 9.17) is 11.6 Å². The Morgan fingerprint density at radius 1 is 1.24 bits per heavy atom. The lowest BCUT2D eigenvalue weighted by Crippen LogP contribution is -1.96. The van der Waals surface area contributed by atoms with Gasteiger partial charge in [0.2, 0.25) is 0 Å². The maximum atomic E-state index is 6.56. The monoisotopic (exact) mass is 440 g/mol. The number of hydrogen-bond donors (Lipinski definition) is 0. The normalized spacial score (nSPS) is 12.8. The van der Waals surface area contributed by atoms with E-state index in [-0.39, 0.29) is 5.38 Å². The van der Waals surface area contributed by atoms with Gasteiger partial charge in [-0.05, 0) is 76.2 Å². The number of aryl methyl sites for hydroxylation is 2. The lowest BCUT2D eigenvalue weighted by Gasteiger charge is -2.13. The van der Waals surface area contributed by atoms with E-state index in [1.165, 1.54) is 25.1 Å². The predicted octanol–water partition coefficient (Wildman–Crippen LogP) is 6.06. The van der Waals surface area contributed by atoms with Gasteiger partial charge in [0.25, 0.3) is 0 Å². The van der Waals surface area contributed by atoms with Gasteiger partial charge < -0.3 is 0 Å². The molecule has 0 aliphatic rings. The van der Waals surface area contributed by atoms with Crippen molar-refractivity contribution < 1.29 is 0 Å². The number of benzene rings is 1. The highest BCUT2D eigenvalue weighted by Crippen LogP contribution is 2.35. The maximum absolute atomic E-state index is 6.56. The van der Waals surface area contributed by atoms with Gasteiger partial charge in [-0.1, -0.05) is 22.0 Å². The highest BCUT2D eigenvalue weighted by molar-refractivity contribution is 14.1. The first-order valence-electron chi connectivity index (χ1n) is 5.13. The van der Waals surface area contributed by atoms with Crippen molar-refractivity contribution in [3.63, 3.8) is 0 Å². The Kier molecular flexibility index (Phi) is 4.55. The zero-order valence-corrected chi connectivity index (χ0v) is 14.7. The Morgan fingerprint density at radius 2 is 1.94 bits per heavy atom. The quantitative estimate of drug-likeness (QED) is 0.393. The molecule has 0 aliphatic carbocycles. The average molecular weight is 442 g/mol. The summed E-state index contributed by atoms with van der Waals surface area (Å²) in [5.41, 5.74) is 4.83. The predicted molar refractivity (Wildman–Crippen MR) is 88.3 cm³/mol. The van der Waals surface area contributed by atoms with Crippen LogP contribution in [-0.2, 0) is 0 Å². The third-order valence-corrected chi connectivity index (χ3v) is 5.85. The summed E-state index contributed by atoms with van der Waals surface area (Å²) in [7, 11) is 0. The fourth-order valence-corrected chi connectivity index (χ4v) is 4.00. The van der Waals surface area contributed by atoms with Crippen LogP contribution in [0.1, 0.15) is 27.6 Å². The molecule has 1 aromatic carbocycles. The molecule has 17 heavy (non-hydrogen) atoms. The molecule has 0 saturated heterocycles. The number of alkyl halides is 1. The molecule has 1 heterocycles. The van der Waals surface area contributed by atoms with Crippen LogP contribution in [0.2, 0.25) is 0 Å². The topological polar surface area (TPSA) is 0 Å². The highest BCUT2D eigenvalue weighted by Gasteiger charge is 2.15. The maximum Gasteiger partial charge on any atom is 0.0846 e. The second-order valence-corrected chi connectivity index (χ2v) is 8.10. The summed E-state index contributed by atoms with van der Waals surface area (Å²) in [6.07, 6.45) is 0. The van der Waals surface area contributed by atoms with Crippen LogP contribution in [-0.4, -0.2) is 0 Å². The van der Waals surface area contributed by atoms with Crippen molar-refractivity contribution in [2.45, 2.75) is 19.2 Å². The molecule has 0 aliphatic heterocycles. The van der Waals surface area contributed by atoms with Crippen LogP contribution in [0.5, 0.6) is 0 Å². The van der Waals surface area contributed by atoms with Crippen molar-refractivity contribution in [3.05, 3.63) is 53.2 Å². The van der Waals surface area contributed by atoms with Crippen LogP contribution in [0.3, 0.4) is 0 Å². The van der Waals surface area contributed by atoms with Crippen LogP contribution < -0.4 is 0 Å². The third-order valence-electron chi connectivity index (χ3n) is 2.70. The molecule has 0 amide bonds. The van der Waals surface area contributed by atoms with Gasteiger partial charge in [0, 0.05) is 4.47 Å². The molecule has 0 saturated carbocycles. The van der Waals surface area contributed by atoms with E-state index in [0.717, 1.165) is 4.47 Å². The van der Waals surface area contributed by atoms with Crippen LogP contribution in [0.15, 0.2) is 28.1 Å². The van der Waals surface area contributed by atoms with Gasteiger partial charge in [-0.2, -0.15) is 0 Å². The third kappa shape index (κ3) is 3.06. The van der Waals surface area contributed by atoms with Gasteiger partial charge in [0.1, 0.15) is 0 Å². The fourth-order valence-electron chi connectivity index (χ4n) is 1.71. The molecule has 2 aromatic rings. The molecule has 90 valence electrons. The second kappa shape index (κ2) is 5.59. The molecule has 0 spiro atoms. The minimum atomic E-state index is -0.0541. The van der Waals surface area contributed by atoms with E-state index in [9.17, 15) is 0 Å². The van der Waals surface area contributed by atoms with Crippen molar-refractivity contribution in [3.8, 4) is 0 Å². The van der Waals surface area contributed by atoms with E-state index in [0.29, 0.717) is 0 Å². The van der Waals surface area contributed by atoms with Gasteiger partial charge >= 0.3 is 0 Å². The van der Waals surface area contributed by atoms with E-state index in [1.54, 1.807) is 11.3 Å². The Hall–Kier alpha value is 0.420. The fraction of sp³-hybridized carbons (Fsp3) is 0.231.